The van der Waals surface area contributed by atoms with E-state index in [4.69, 9.17) is 9.47 Å². The number of pyridine rings is 1. The second kappa shape index (κ2) is 9.11. The summed E-state index contributed by atoms with van der Waals surface area (Å²) in [5.74, 6) is 0.0412. The Morgan fingerprint density at radius 2 is 2.13 bits per heavy atom. The Hall–Kier alpha value is -2.50. The van der Waals surface area contributed by atoms with Gasteiger partial charge >= 0.3 is 0 Å². The molecule has 2 aromatic heterocycles. The number of likely N-dealkylation sites (tertiary alicyclic amines) is 1. The lowest BCUT2D eigenvalue weighted by Gasteiger charge is -2.49. The predicted molar refractivity (Wildman–Crippen MR) is 103 cm³/mol. The van der Waals surface area contributed by atoms with Gasteiger partial charge in [-0.3, -0.25) is 9.69 Å². The third kappa shape index (κ3) is 4.05. The average Bonchev–Trinajstić information content (AvgIpc) is 3.27. The van der Waals surface area contributed by atoms with E-state index in [9.17, 15) is 9.18 Å². The van der Waals surface area contributed by atoms with E-state index in [2.05, 4.69) is 25.4 Å². The summed E-state index contributed by atoms with van der Waals surface area (Å²) < 4.78 is 25.8. The van der Waals surface area contributed by atoms with Gasteiger partial charge in [0.15, 0.2) is 5.82 Å². The van der Waals surface area contributed by atoms with Gasteiger partial charge in [-0.15, -0.1) is 5.10 Å². The number of hydrogen-bond donors (Lipinski definition) is 0. The third-order valence-electron chi connectivity index (χ3n) is 5.78. The lowest BCUT2D eigenvalue weighted by atomic mass is 9.85. The van der Waals surface area contributed by atoms with Gasteiger partial charge in [-0.1, -0.05) is 0 Å². The molecule has 0 aromatic carbocycles. The van der Waals surface area contributed by atoms with E-state index in [0.717, 1.165) is 38.0 Å². The van der Waals surface area contributed by atoms with Crippen LogP contribution in [0.5, 0.6) is 0 Å². The maximum atomic E-state index is 13.2. The van der Waals surface area contributed by atoms with Gasteiger partial charge in [-0.05, 0) is 35.4 Å². The van der Waals surface area contributed by atoms with E-state index in [-0.39, 0.29) is 11.6 Å². The summed E-state index contributed by atoms with van der Waals surface area (Å²) in [6, 6.07) is 2.68. The van der Waals surface area contributed by atoms with Crippen LogP contribution in [0.2, 0.25) is 0 Å². The number of nitrogens with zero attached hydrogens (tertiary/aromatic N) is 7. The van der Waals surface area contributed by atoms with Crippen molar-refractivity contribution in [3.05, 3.63) is 35.7 Å². The molecule has 2 aromatic rings. The molecule has 30 heavy (non-hydrogen) atoms. The number of morpholine rings is 1. The molecule has 0 N–H and O–H groups in total. The quantitative estimate of drug-likeness (QED) is 0.660. The number of hydrogen-bond acceptors (Lipinski definition) is 8. The van der Waals surface area contributed by atoms with E-state index in [1.165, 1.54) is 12.1 Å². The first-order valence-electron chi connectivity index (χ1n) is 10.1. The van der Waals surface area contributed by atoms with Crippen molar-refractivity contribution >= 4 is 5.91 Å². The minimum absolute atomic E-state index is 0.219. The molecule has 0 bridgehead atoms. The molecule has 4 heterocycles. The largest absolute Gasteiger partial charge is 0.383 e. The van der Waals surface area contributed by atoms with E-state index >= 15 is 0 Å². The highest BCUT2D eigenvalue weighted by Crippen LogP contribution is 2.37. The van der Waals surface area contributed by atoms with Crippen LogP contribution in [0.15, 0.2) is 18.3 Å². The molecule has 4 rings (SSSR count). The fourth-order valence-electron chi connectivity index (χ4n) is 4.31. The first-order chi connectivity index (χ1) is 14.6. The highest BCUT2D eigenvalue weighted by atomic mass is 19.1. The number of piperidine rings is 1. The Labute approximate surface area is 173 Å². The van der Waals surface area contributed by atoms with Crippen molar-refractivity contribution in [1.82, 2.24) is 35.0 Å². The monoisotopic (exact) mass is 419 g/mol. The number of halogens is 1. The van der Waals surface area contributed by atoms with Crippen LogP contribution in [0.1, 0.15) is 29.2 Å². The fraction of sp³-hybridized carbons (Fsp3) is 0.632. The standard InChI is InChI=1S/C19H26FN7O3/c1-29-10-9-27-18(22-23-24-27)19(26-7-11-30-12-8-26)5-2-6-25(14-19)17(28)16-4-3-15(20)13-21-16/h3-4,13H,2,5-12,14H2,1H3. The highest BCUT2D eigenvalue weighted by Gasteiger charge is 2.47. The maximum Gasteiger partial charge on any atom is 0.272 e. The normalized spacial score (nSPS) is 22.9. The van der Waals surface area contributed by atoms with Crippen molar-refractivity contribution in [2.24, 2.45) is 0 Å². The van der Waals surface area contributed by atoms with Crippen molar-refractivity contribution in [2.75, 3.05) is 53.1 Å². The SMILES string of the molecule is COCCn1nnnc1C1(N2CCOCC2)CCCN(C(=O)c2ccc(F)cn2)C1. The smallest absolute Gasteiger partial charge is 0.272 e. The van der Waals surface area contributed by atoms with E-state index in [0.29, 0.717) is 39.5 Å². The molecule has 1 atom stereocenters. The molecule has 1 unspecified atom stereocenters. The Kier molecular flexibility index (Phi) is 6.30. The van der Waals surface area contributed by atoms with Gasteiger partial charge < -0.3 is 14.4 Å². The van der Waals surface area contributed by atoms with Gasteiger partial charge in [-0.25, -0.2) is 14.1 Å². The van der Waals surface area contributed by atoms with Gasteiger partial charge in [0.05, 0.1) is 32.6 Å². The molecular formula is C19H26FN7O3. The summed E-state index contributed by atoms with van der Waals surface area (Å²) in [5.41, 5.74) is -0.303. The molecular weight excluding hydrogens is 393 g/mol. The zero-order chi connectivity index (χ0) is 21.0. The predicted octanol–water partition coefficient (Wildman–Crippen LogP) is 0.317. The molecule has 2 fully saturated rings. The topological polar surface area (TPSA) is 98.5 Å². The van der Waals surface area contributed by atoms with Crippen molar-refractivity contribution in [2.45, 2.75) is 24.9 Å². The van der Waals surface area contributed by atoms with Gasteiger partial charge in [0, 0.05) is 33.3 Å². The zero-order valence-corrected chi connectivity index (χ0v) is 17.0. The van der Waals surface area contributed by atoms with E-state index in [1.807, 2.05) is 0 Å². The van der Waals surface area contributed by atoms with Crippen LogP contribution in [0, 0.1) is 5.82 Å². The van der Waals surface area contributed by atoms with Crippen molar-refractivity contribution in [3.8, 4) is 0 Å². The Balaban J connectivity index is 1.66. The van der Waals surface area contributed by atoms with Crippen molar-refractivity contribution in [1.29, 1.82) is 0 Å². The Morgan fingerprint density at radius 3 is 2.87 bits per heavy atom. The summed E-state index contributed by atoms with van der Waals surface area (Å²) in [5, 5.41) is 12.5. The highest BCUT2D eigenvalue weighted by molar-refractivity contribution is 5.92. The summed E-state index contributed by atoms with van der Waals surface area (Å²) in [4.78, 5) is 21.2. The number of methoxy groups -OCH3 is 1. The summed E-state index contributed by atoms with van der Waals surface area (Å²) in [6.07, 6.45) is 2.68. The van der Waals surface area contributed by atoms with Crippen LogP contribution in [0.25, 0.3) is 0 Å². The summed E-state index contributed by atoms with van der Waals surface area (Å²) in [7, 11) is 1.64. The molecule has 0 radical (unpaired) electrons. The van der Waals surface area contributed by atoms with Crippen LogP contribution in [0.3, 0.4) is 0 Å². The fourth-order valence-corrected chi connectivity index (χ4v) is 4.31. The number of tetrazole rings is 1. The molecule has 162 valence electrons. The molecule has 2 saturated heterocycles. The molecule has 2 aliphatic rings. The first kappa shape index (κ1) is 20.8. The lowest BCUT2D eigenvalue weighted by molar-refractivity contribution is -0.0573. The summed E-state index contributed by atoms with van der Waals surface area (Å²) >= 11 is 0. The minimum Gasteiger partial charge on any atom is -0.383 e. The molecule has 2 aliphatic heterocycles. The van der Waals surface area contributed by atoms with Gasteiger partial charge in [0.2, 0.25) is 0 Å². The maximum absolute atomic E-state index is 13.2. The van der Waals surface area contributed by atoms with Crippen LogP contribution >= 0.6 is 0 Å². The molecule has 0 aliphatic carbocycles. The van der Waals surface area contributed by atoms with Crippen LogP contribution < -0.4 is 0 Å². The van der Waals surface area contributed by atoms with Crippen molar-refractivity contribution < 1.29 is 18.7 Å². The van der Waals surface area contributed by atoms with Gasteiger partial charge in [-0.2, -0.15) is 0 Å². The van der Waals surface area contributed by atoms with Crippen LogP contribution in [-0.4, -0.2) is 94.0 Å². The van der Waals surface area contributed by atoms with Gasteiger partial charge in [0.1, 0.15) is 17.1 Å². The van der Waals surface area contributed by atoms with Crippen LogP contribution in [0.4, 0.5) is 4.39 Å². The van der Waals surface area contributed by atoms with Crippen molar-refractivity contribution in [3.63, 3.8) is 0 Å². The number of carbonyl (C=O) groups excluding carboxylic acids is 1. The molecule has 0 saturated carbocycles. The number of carbonyl (C=O) groups is 1. The zero-order valence-electron chi connectivity index (χ0n) is 17.0. The second-order valence-electron chi connectivity index (χ2n) is 7.54. The lowest BCUT2D eigenvalue weighted by Crippen LogP contribution is -2.61. The van der Waals surface area contributed by atoms with E-state index in [1.54, 1.807) is 16.7 Å². The first-order valence-corrected chi connectivity index (χ1v) is 10.1. The Morgan fingerprint density at radius 1 is 1.30 bits per heavy atom. The number of amides is 1. The second-order valence-corrected chi connectivity index (χ2v) is 7.54. The van der Waals surface area contributed by atoms with Crippen LogP contribution in [-0.2, 0) is 21.6 Å². The average molecular weight is 419 g/mol. The summed E-state index contributed by atoms with van der Waals surface area (Å²) in [6.45, 7) is 4.74. The van der Waals surface area contributed by atoms with E-state index < -0.39 is 11.4 Å². The number of aromatic nitrogens is 5. The molecule has 11 heteroatoms. The van der Waals surface area contributed by atoms with Gasteiger partial charge in [0.25, 0.3) is 5.91 Å². The molecule has 10 nitrogen and oxygen atoms in total. The number of ether oxygens (including phenoxy) is 2. The number of rotatable bonds is 6. The minimum atomic E-state index is -0.533. The third-order valence-corrected chi connectivity index (χ3v) is 5.78. The molecule has 1 amide bonds. The Bertz CT molecular complexity index is 856. The molecule has 0 spiro atoms.